The van der Waals surface area contributed by atoms with Gasteiger partial charge in [-0.25, -0.2) is 9.29 Å². The lowest BCUT2D eigenvalue weighted by Crippen LogP contribution is -2.40. The molecule has 2 aliphatic heterocycles. The lowest BCUT2D eigenvalue weighted by Gasteiger charge is -2.34. The number of nitrogens with zero attached hydrogens (tertiary/aromatic N) is 2. The summed E-state index contributed by atoms with van der Waals surface area (Å²) in [5, 5.41) is 10.00. The van der Waals surface area contributed by atoms with Crippen molar-refractivity contribution in [2.45, 2.75) is 12.8 Å². The van der Waals surface area contributed by atoms with Crippen LogP contribution in [0.2, 0.25) is 5.02 Å². The van der Waals surface area contributed by atoms with E-state index in [2.05, 4.69) is 0 Å². The first kappa shape index (κ1) is 19.6. The third-order valence-electron chi connectivity index (χ3n) is 5.35. The summed E-state index contributed by atoms with van der Waals surface area (Å²) in [6, 6.07) is 12.1. The fourth-order valence-electron chi connectivity index (χ4n) is 3.96. The number of rotatable bonds is 4. The normalized spacial score (nSPS) is 20.0. The second-order valence-electron chi connectivity index (χ2n) is 7.29. The number of imide groups is 1. The van der Waals surface area contributed by atoms with Crippen molar-refractivity contribution in [2.24, 2.45) is 5.92 Å². The summed E-state index contributed by atoms with van der Waals surface area (Å²) in [5.74, 6) is -1.29. The van der Waals surface area contributed by atoms with E-state index in [1.807, 2.05) is 4.90 Å². The summed E-state index contributed by atoms with van der Waals surface area (Å²) in [5.41, 5.74) is 1.40. The summed E-state index contributed by atoms with van der Waals surface area (Å²) in [6.07, 6.45) is 1.68. The van der Waals surface area contributed by atoms with Crippen LogP contribution in [-0.2, 0) is 9.59 Å². The molecule has 2 amide bonds. The molecule has 1 saturated heterocycles. The molecule has 150 valence electrons. The van der Waals surface area contributed by atoms with Crippen molar-refractivity contribution < 1.29 is 19.1 Å². The molecule has 2 aliphatic rings. The summed E-state index contributed by atoms with van der Waals surface area (Å²) in [6.45, 7) is 1.12. The Kier molecular flexibility index (Phi) is 5.39. The van der Waals surface area contributed by atoms with Crippen LogP contribution < -0.4 is 4.90 Å². The maximum Gasteiger partial charge on any atom is 0.282 e. The molecule has 1 N–H and O–H groups in total. The van der Waals surface area contributed by atoms with Gasteiger partial charge in [-0.3, -0.25) is 9.59 Å². The van der Waals surface area contributed by atoms with Crippen LogP contribution in [0.1, 0.15) is 18.4 Å². The van der Waals surface area contributed by atoms with Gasteiger partial charge < -0.3 is 10.0 Å². The number of hydrogen-bond donors (Lipinski definition) is 1. The van der Waals surface area contributed by atoms with Crippen molar-refractivity contribution in [1.82, 2.24) is 4.90 Å². The van der Waals surface area contributed by atoms with E-state index in [1.165, 1.54) is 24.3 Å². The molecular formula is C22H20ClFN2O3. The molecule has 0 saturated carbocycles. The number of likely N-dealkylation sites (tertiary alicyclic amines) is 1. The minimum Gasteiger partial charge on any atom is -0.396 e. The zero-order valence-corrected chi connectivity index (χ0v) is 16.4. The quantitative estimate of drug-likeness (QED) is 0.778. The number of aliphatic hydroxyl groups is 1. The van der Waals surface area contributed by atoms with Gasteiger partial charge in [0.1, 0.15) is 11.5 Å². The molecule has 5 nitrogen and oxygen atoms in total. The first-order valence-corrected chi connectivity index (χ1v) is 9.87. The number of halogens is 2. The van der Waals surface area contributed by atoms with Gasteiger partial charge in [0.15, 0.2) is 0 Å². The number of piperidine rings is 1. The molecule has 29 heavy (non-hydrogen) atoms. The predicted octanol–water partition coefficient (Wildman–Crippen LogP) is 3.47. The molecule has 2 aromatic rings. The third-order valence-corrected chi connectivity index (χ3v) is 5.59. The highest BCUT2D eigenvalue weighted by atomic mass is 35.5. The molecule has 2 heterocycles. The largest absolute Gasteiger partial charge is 0.396 e. The first-order chi connectivity index (χ1) is 14.0. The minimum absolute atomic E-state index is 0.0236. The van der Waals surface area contributed by atoms with Gasteiger partial charge in [0.05, 0.1) is 11.3 Å². The fourth-order valence-corrected chi connectivity index (χ4v) is 4.14. The Hall–Kier alpha value is -2.70. The Bertz CT molecular complexity index is 990. The van der Waals surface area contributed by atoms with Crippen LogP contribution >= 0.6 is 11.6 Å². The molecule has 7 heteroatoms. The van der Waals surface area contributed by atoms with Crippen LogP contribution in [0.4, 0.5) is 10.1 Å². The fraction of sp³-hybridized carbons (Fsp3) is 0.273. The lowest BCUT2D eigenvalue weighted by molar-refractivity contribution is -0.120. The molecular weight excluding hydrogens is 395 g/mol. The molecule has 0 spiro atoms. The predicted molar refractivity (Wildman–Crippen MR) is 109 cm³/mol. The smallest absolute Gasteiger partial charge is 0.282 e. The number of aliphatic hydroxyl groups excluding tert-OH is 1. The van der Waals surface area contributed by atoms with Crippen molar-refractivity contribution in [2.75, 3.05) is 24.6 Å². The van der Waals surface area contributed by atoms with Gasteiger partial charge in [-0.15, -0.1) is 0 Å². The van der Waals surface area contributed by atoms with E-state index < -0.39 is 17.6 Å². The monoisotopic (exact) mass is 414 g/mol. The minimum atomic E-state index is -0.468. The second kappa shape index (κ2) is 7.97. The van der Waals surface area contributed by atoms with E-state index in [0.29, 0.717) is 35.1 Å². The first-order valence-electron chi connectivity index (χ1n) is 9.50. The van der Waals surface area contributed by atoms with Crippen LogP contribution in [0.25, 0.3) is 5.57 Å². The van der Waals surface area contributed by atoms with Gasteiger partial charge >= 0.3 is 0 Å². The molecule has 2 aromatic carbocycles. The Labute approximate surface area is 173 Å². The van der Waals surface area contributed by atoms with E-state index in [4.69, 9.17) is 11.6 Å². The maximum atomic E-state index is 13.5. The van der Waals surface area contributed by atoms with Crippen molar-refractivity contribution in [3.8, 4) is 0 Å². The van der Waals surface area contributed by atoms with Crippen LogP contribution in [0.5, 0.6) is 0 Å². The summed E-state index contributed by atoms with van der Waals surface area (Å²) in [4.78, 5) is 29.7. The number of benzene rings is 2. The van der Waals surface area contributed by atoms with E-state index >= 15 is 0 Å². The topological polar surface area (TPSA) is 60.9 Å². The molecule has 0 radical (unpaired) electrons. The van der Waals surface area contributed by atoms with E-state index in [0.717, 1.165) is 17.7 Å². The Morgan fingerprint density at radius 3 is 2.55 bits per heavy atom. The second-order valence-corrected chi connectivity index (χ2v) is 7.73. The highest BCUT2D eigenvalue weighted by molar-refractivity contribution is 6.45. The van der Waals surface area contributed by atoms with Crippen LogP contribution in [0, 0.1) is 11.7 Å². The highest BCUT2D eigenvalue weighted by Gasteiger charge is 2.43. The van der Waals surface area contributed by atoms with Crippen LogP contribution in [0.3, 0.4) is 0 Å². The molecule has 4 rings (SSSR count). The summed E-state index contributed by atoms with van der Waals surface area (Å²) in [7, 11) is 0. The Morgan fingerprint density at radius 2 is 1.86 bits per heavy atom. The van der Waals surface area contributed by atoms with Crippen molar-refractivity contribution in [1.29, 1.82) is 0 Å². The Morgan fingerprint density at radius 1 is 1.10 bits per heavy atom. The van der Waals surface area contributed by atoms with E-state index in [1.54, 1.807) is 24.3 Å². The number of carbonyl (C=O) groups is 2. The van der Waals surface area contributed by atoms with E-state index in [9.17, 15) is 19.1 Å². The molecule has 0 bridgehead atoms. The highest BCUT2D eigenvalue weighted by Crippen LogP contribution is 2.37. The molecule has 1 atom stereocenters. The Balaban J connectivity index is 1.82. The number of hydrogen-bond acceptors (Lipinski definition) is 4. The molecule has 0 aliphatic carbocycles. The van der Waals surface area contributed by atoms with Crippen molar-refractivity contribution >= 4 is 34.7 Å². The van der Waals surface area contributed by atoms with E-state index in [-0.39, 0.29) is 18.1 Å². The van der Waals surface area contributed by atoms with Gasteiger partial charge in [0.25, 0.3) is 11.8 Å². The zero-order chi connectivity index (χ0) is 20.5. The number of carbonyl (C=O) groups excluding carboxylic acids is 2. The summed E-state index contributed by atoms with van der Waals surface area (Å²) >= 11 is 6.07. The van der Waals surface area contributed by atoms with Crippen molar-refractivity contribution in [3.05, 3.63) is 70.6 Å². The lowest BCUT2D eigenvalue weighted by atomic mass is 9.97. The van der Waals surface area contributed by atoms with Gasteiger partial charge in [0, 0.05) is 24.7 Å². The average molecular weight is 415 g/mol. The molecule has 0 aromatic heterocycles. The SMILES string of the molecule is O=C1C(c2ccc(F)cc2)=C(N2CCCC(CO)C2)C(=O)N1c1cccc(Cl)c1. The van der Waals surface area contributed by atoms with Gasteiger partial charge in [-0.2, -0.15) is 0 Å². The number of amides is 2. The van der Waals surface area contributed by atoms with Crippen LogP contribution in [0.15, 0.2) is 54.2 Å². The van der Waals surface area contributed by atoms with Gasteiger partial charge in [-0.1, -0.05) is 29.8 Å². The average Bonchev–Trinajstić information content (AvgIpc) is 2.99. The van der Waals surface area contributed by atoms with Crippen LogP contribution in [-0.4, -0.2) is 41.5 Å². The van der Waals surface area contributed by atoms with Gasteiger partial charge in [-0.05, 0) is 54.7 Å². The zero-order valence-electron chi connectivity index (χ0n) is 15.6. The maximum absolute atomic E-state index is 13.5. The standard InChI is InChI=1S/C22H20ClFN2O3/c23-16-4-1-5-18(11-16)26-21(28)19(15-6-8-17(24)9-7-15)20(22(26)29)25-10-2-3-14(12-25)13-27/h1,4-9,11,14,27H,2-3,10,12-13H2. The molecule has 1 unspecified atom stereocenters. The summed E-state index contributed by atoms with van der Waals surface area (Å²) < 4.78 is 13.5. The van der Waals surface area contributed by atoms with Gasteiger partial charge in [0.2, 0.25) is 0 Å². The number of anilines is 1. The molecule has 1 fully saturated rings. The van der Waals surface area contributed by atoms with Crippen molar-refractivity contribution in [3.63, 3.8) is 0 Å². The third kappa shape index (κ3) is 3.66.